The van der Waals surface area contributed by atoms with Crippen LogP contribution >= 0.6 is 0 Å². The molecule has 1 heterocycles. The van der Waals surface area contributed by atoms with E-state index in [4.69, 9.17) is 0 Å². The fourth-order valence-corrected chi connectivity index (χ4v) is 2.49. The Balaban J connectivity index is 2.34. The van der Waals surface area contributed by atoms with E-state index < -0.39 is 9.84 Å². The van der Waals surface area contributed by atoms with E-state index in [1.807, 2.05) is 4.90 Å². The lowest BCUT2D eigenvalue weighted by Gasteiger charge is -2.15. The van der Waals surface area contributed by atoms with Gasteiger partial charge in [-0.3, -0.25) is 4.90 Å². The molecule has 0 bridgehead atoms. The summed E-state index contributed by atoms with van der Waals surface area (Å²) in [5.74, 6) is 0.206. The molecule has 1 fully saturated rings. The van der Waals surface area contributed by atoms with E-state index in [1.165, 1.54) is 0 Å². The summed E-state index contributed by atoms with van der Waals surface area (Å²) in [4.78, 5) is 2.00. The minimum absolute atomic E-state index is 0.206. The van der Waals surface area contributed by atoms with Gasteiger partial charge >= 0.3 is 0 Å². The lowest BCUT2D eigenvalue weighted by Crippen LogP contribution is -2.30. The molecular formula is C9H19NO3S. The maximum absolute atomic E-state index is 11.5. The first kappa shape index (κ1) is 11.9. The summed E-state index contributed by atoms with van der Waals surface area (Å²) in [6.45, 7) is 5.39. The minimum Gasteiger partial charge on any atom is -0.392 e. The number of β-amino-alcohol motifs (C(OH)–C–C–N with tert-alkyl or cyclic N) is 1. The number of likely N-dealkylation sites (tertiary alicyclic amines) is 1. The number of hydrogen-bond acceptors (Lipinski definition) is 4. The molecule has 0 aromatic heterocycles. The second-order valence-corrected chi connectivity index (χ2v) is 6.84. The van der Waals surface area contributed by atoms with Crippen LogP contribution in [0.15, 0.2) is 0 Å². The van der Waals surface area contributed by atoms with Crippen LogP contribution in [0.2, 0.25) is 0 Å². The van der Waals surface area contributed by atoms with Gasteiger partial charge in [0.1, 0.15) is 0 Å². The summed E-state index contributed by atoms with van der Waals surface area (Å²) in [6.07, 6.45) is 0.499. The summed E-state index contributed by atoms with van der Waals surface area (Å²) < 4.78 is 23.0. The summed E-state index contributed by atoms with van der Waals surface area (Å²) in [5, 5.41) is 8.95. The van der Waals surface area contributed by atoms with Gasteiger partial charge in [0.15, 0.2) is 9.84 Å². The van der Waals surface area contributed by atoms with Crippen LogP contribution in [0.1, 0.15) is 20.3 Å². The molecule has 4 nitrogen and oxygen atoms in total. The molecule has 0 radical (unpaired) electrons. The molecule has 0 spiro atoms. The van der Waals surface area contributed by atoms with E-state index in [1.54, 1.807) is 13.8 Å². The molecule has 0 aromatic carbocycles. The van der Waals surface area contributed by atoms with E-state index in [0.717, 1.165) is 13.0 Å². The SMILES string of the molecule is CC(C)S(=O)(=O)CCN1CCC(O)C1. The van der Waals surface area contributed by atoms with E-state index in [2.05, 4.69) is 0 Å². The smallest absolute Gasteiger partial charge is 0.153 e. The molecule has 84 valence electrons. The van der Waals surface area contributed by atoms with Crippen molar-refractivity contribution in [1.82, 2.24) is 4.90 Å². The van der Waals surface area contributed by atoms with Crippen LogP contribution in [0, 0.1) is 0 Å². The Morgan fingerprint density at radius 3 is 2.57 bits per heavy atom. The monoisotopic (exact) mass is 221 g/mol. The second kappa shape index (κ2) is 4.59. The number of nitrogens with zero attached hydrogens (tertiary/aromatic N) is 1. The molecule has 5 heteroatoms. The fraction of sp³-hybridized carbons (Fsp3) is 1.00. The highest BCUT2D eigenvalue weighted by atomic mass is 32.2. The normalized spacial score (nSPS) is 24.7. The third-order valence-electron chi connectivity index (χ3n) is 2.66. The molecule has 1 aliphatic rings. The van der Waals surface area contributed by atoms with Crippen molar-refractivity contribution in [3.05, 3.63) is 0 Å². The van der Waals surface area contributed by atoms with Crippen LogP contribution in [-0.4, -0.2) is 55.2 Å². The van der Waals surface area contributed by atoms with Crippen molar-refractivity contribution in [2.45, 2.75) is 31.6 Å². The van der Waals surface area contributed by atoms with Gasteiger partial charge in [-0.15, -0.1) is 0 Å². The van der Waals surface area contributed by atoms with Gasteiger partial charge in [0.05, 0.1) is 17.1 Å². The molecule has 1 saturated heterocycles. The van der Waals surface area contributed by atoms with Crippen LogP contribution < -0.4 is 0 Å². The first-order valence-electron chi connectivity index (χ1n) is 5.04. The Labute approximate surface area is 85.8 Å². The fourth-order valence-electron chi connectivity index (χ4n) is 1.51. The third-order valence-corrected chi connectivity index (χ3v) is 4.85. The molecule has 14 heavy (non-hydrogen) atoms. The Morgan fingerprint density at radius 2 is 2.14 bits per heavy atom. The molecule has 1 N–H and O–H groups in total. The van der Waals surface area contributed by atoms with Crippen LogP contribution in [0.5, 0.6) is 0 Å². The van der Waals surface area contributed by atoms with Crippen molar-refractivity contribution in [1.29, 1.82) is 0 Å². The largest absolute Gasteiger partial charge is 0.392 e. The maximum atomic E-state index is 11.5. The van der Waals surface area contributed by atoms with E-state index in [-0.39, 0.29) is 17.1 Å². The standard InChI is InChI=1S/C9H19NO3S/c1-8(2)14(12,13)6-5-10-4-3-9(11)7-10/h8-9,11H,3-7H2,1-2H3. The van der Waals surface area contributed by atoms with Gasteiger partial charge in [-0.05, 0) is 20.3 Å². The number of hydrogen-bond donors (Lipinski definition) is 1. The predicted molar refractivity (Wildman–Crippen MR) is 56.0 cm³/mol. The second-order valence-electron chi connectivity index (χ2n) is 4.16. The zero-order valence-corrected chi connectivity index (χ0v) is 9.63. The van der Waals surface area contributed by atoms with Crippen molar-refractivity contribution in [2.24, 2.45) is 0 Å². The Kier molecular flexibility index (Phi) is 3.92. The lowest BCUT2D eigenvalue weighted by atomic mass is 10.3. The molecule has 0 amide bonds. The van der Waals surface area contributed by atoms with Crippen molar-refractivity contribution >= 4 is 9.84 Å². The van der Waals surface area contributed by atoms with Crippen molar-refractivity contribution < 1.29 is 13.5 Å². The zero-order valence-electron chi connectivity index (χ0n) is 8.81. The Hall–Kier alpha value is -0.130. The summed E-state index contributed by atoms with van der Waals surface area (Å²) in [5.41, 5.74) is 0. The number of aliphatic hydroxyl groups excluding tert-OH is 1. The third kappa shape index (κ3) is 3.22. The van der Waals surface area contributed by atoms with Gasteiger partial charge in [0.25, 0.3) is 0 Å². The number of rotatable bonds is 4. The van der Waals surface area contributed by atoms with Gasteiger partial charge in [0, 0.05) is 19.6 Å². The zero-order chi connectivity index (χ0) is 10.8. The Morgan fingerprint density at radius 1 is 1.50 bits per heavy atom. The van der Waals surface area contributed by atoms with Crippen molar-refractivity contribution in [2.75, 3.05) is 25.4 Å². The first-order chi connectivity index (χ1) is 6.42. The molecule has 1 unspecified atom stereocenters. The van der Waals surface area contributed by atoms with Gasteiger partial charge < -0.3 is 5.11 Å². The Bertz CT molecular complexity index is 274. The van der Waals surface area contributed by atoms with Gasteiger partial charge in [-0.1, -0.05) is 0 Å². The molecular weight excluding hydrogens is 202 g/mol. The average Bonchev–Trinajstić information content (AvgIpc) is 2.48. The molecule has 1 atom stereocenters. The maximum Gasteiger partial charge on any atom is 0.153 e. The van der Waals surface area contributed by atoms with Crippen LogP contribution in [0.3, 0.4) is 0 Å². The molecule has 0 aliphatic carbocycles. The predicted octanol–water partition coefficient (Wildman–Crippen LogP) is -0.124. The summed E-state index contributed by atoms with van der Waals surface area (Å²) in [6, 6.07) is 0. The van der Waals surface area contributed by atoms with Crippen molar-refractivity contribution in [3.8, 4) is 0 Å². The summed E-state index contributed by atoms with van der Waals surface area (Å²) in [7, 11) is -2.93. The van der Waals surface area contributed by atoms with E-state index >= 15 is 0 Å². The van der Waals surface area contributed by atoms with Crippen molar-refractivity contribution in [3.63, 3.8) is 0 Å². The molecule has 1 aliphatic heterocycles. The lowest BCUT2D eigenvalue weighted by molar-refractivity contribution is 0.178. The topological polar surface area (TPSA) is 57.6 Å². The minimum atomic E-state index is -2.93. The highest BCUT2D eigenvalue weighted by Crippen LogP contribution is 2.09. The number of aliphatic hydroxyl groups is 1. The van der Waals surface area contributed by atoms with Gasteiger partial charge in [-0.2, -0.15) is 0 Å². The molecule has 0 aromatic rings. The van der Waals surface area contributed by atoms with Gasteiger partial charge in [-0.25, -0.2) is 8.42 Å². The highest BCUT2D eigenvalue weighted by Gasteiger charge is 2.23. The molecule has 1 rings (SSSR count). The highest BCUT2D eigenvalue weighted by molar-refractivity contribution is 7.92. The first-order valence-corrected chi connectivity index (χ1v) is 6.75. The van der Waals surface area contributed by atoms with E-state index in [0.29, 0.717) is 13.1 Å². The van der Waals surface area contributed by atoms with Crippen LogP contribution in [0.4, 0.5) is 0 Å². The van der Waals surface area contributed by atoms with Crippen LogP contribution in [0.25, 0.3) is 0 Å². The summed E-state index contributed by atoms with van der Waals surface area (Å²) >= 11 is 0. The van der Waals surface area contributed by atoms with E-state index in [9.17, 15) is 13.5 Å². The quantitative estimate of drug-likeness (QED) is 0.719. The van der Waals surface area contributed by atoms with Gasteiger partial charge in [0.2, 0.25) is 0 Å². The number of sulfone groups is 1. The van der Waals surface area contributed by atoms with Crippen LogP contribution in [-0.2, 0) is 9.84 Å². The average molecular weight is 221 g/mol. The molecule has 0 saturated carbocycles.